The zero-order valence-corrected chi connectivity index (χ0v) is 15.0. The minimum absolute atomic E-state index is 0.274. The van der Waals surface area contributed by atoms with E-state index in [0.717, 1.165) is 19.4 Å². The molecule has 1 aromatic rings. The maximum absolute atomic E-state index is 11.4. The summed E-state index contributed by atoms with van der Waals surface area (Å²) < 4.78 is 5.19. The number of amides is 1. The van der Waals surface area contributed by atoms with E-state index in [1.54, 1.807) is 0 Å². The lowest BCUT2D eigenvalue weighted by atomic mass is 9.96. The standard InChI is InChI=1S/C11H21NO2.C8H11N/c1-11(2,3)14-10(13)12-9-7-5-4-6-8-9;1-9-7-8-5-3-2-4-6-8/h9H,4-8H2,1-3H3,(H,12,13);2-6,9H,7H2,1H3. The first kappa shape index (κ1) is 19.5. The molecule has 2 rings (SSSR count). The van der Waals surface area contributed by atoms with Crippen LogP contribution >= 0.6 is 0 Å². The van der Waals surface area contributed by atoms with E-state index in [1.807, 2.05) is 46.0 Å². The number of hydrogen-bond donors (Lipinski definition) is 2. The summed E-state index contributed by atoms with van der Waals surface area (Å²) in [5.41, 5.74) is 0.943. The summed E-state index contributed by atoms with van der Waals surface area (Å²) in [4.78, 5) is 11.4. The normalized spacial score (nSPS) is 15.3. The molecule has 1 aliphatic rings. The molecule has 0 heterocycles. The van der Waals surface area contributed by atoms with E-state index in [-0.39, 0.29) is 6.09 Å². The highest BCUT2D eigenvalue weighted by Crippen LogP contribution is 2.18. The minimum Gasteiger partial charge on any atom is -0.444 e. The topological polar surface area (TPSA) is 50.4 Å². The van der Waals surface area contributed by atoms with E-state index >= 15 is 0 Å². The molecule has 0 aromatic heterocycles. The fourth-order valence-corrected chi connectivity index (χ4v) is 2.52. The quantitative estimate of drug-likeness (QED) is 0.875. The van der Waals surface area contributed by atoms with Gasteiger partial charge in [-0.15, -0.1) is 0 Å². The van der Waals surface area contributed by atoms with Gasteiger partial charge in [-0.1, -0.05) is 49.6 Å². The Labute approximate surface area is 141 Å². The van der Waals surface area contributed by atoms with Crippen LogP contribution in [-0.2, 0) is 11.3 Å². The lowest BCUT2D eigenvalue weighted by Gasteiger charge is -2.25. The van der Waals surface area contributed by atoms with Gasteiger partial charge in [0.1, 0.15) is 5.60 Å². The van der Waals surface area contributed by atoms with Crippen LogP contribution in [0.2, 0.25) is 0 Å². The monoisotopic (exact) mass is 320 g/mol. The summed E-state index contributed by atoms with van der Waals surface area (Å²) in [5.74, 6) is 0. The third kappa shape index (κ3) is 9.95. The number of alkyl carbamates (subject to hydrolysis) is 1. The maximum Gasteiger partial charge on any atom is 0.407 e. The molecule has 1 saturated carbocycles. The first-order chi connectivity index (χ1) is 10.9. The second-order valence-electron chi connectivity index (χ2n) is 7.00. The molecular weight excluding hydrogens is 288 g/mol. The van der Waals surface area contributed by atoms with Gasteiger partial charge in [0.2, 0.25) is 0 Å². The van der Waals surface area contributed by atoms with Crippen molar-refractivity contribution in [3.63, 3.8) is 0 Å². The molecule has 0 spiro atoms. The third-order valence-corrected chi connectivity index (χ3v) is 3.55. The van der Waals surface area contributed by atoms with E-state index < -0.39 is 5.60 Å². The molecule has 0 atom stereocenters. The van der Waals surface area contributed by atoms with Crippen LogP contribution in [0, 0.1) is 0 Å². The number of benzene rings is 1. The van der Waals surface area contributed by atoms with Crippen molar-refractivity contribution in [3.05, 3.63) is 35.9 Å². The molecule has 0 unspecified atom stereocenters. The van der Waals surface area contributed by atoms with Gasteiger partial charge in [-0.3, -0.25) is 0 Å². The van der Waals surface area contributed by atoms with Crippen molar-refractivity contribution in [3.8, 4) is 0 Å². The van der Waals surface area contributed by atoms with E-state index in [4.69, 9.17) is 4.74 Å². The van der Waals surface area contributed by atoms with Crippen LogP contribution in [0.5, 0.6) is 0 Å². The fourth-order valence-electron chi connectivity index (χ4n) is 2.52. The van der Waals surface area contributed by atoms with Crippen molar-refractivity contribution in [2.24, 2.45) is 0 Å². The van der Waals surface area contributed by atoms with Crippen LogP contribution in [0.3, 0.4) is 0 Å². The number of hydrogen-bond acceptors (Lipinski definition) is 3. The predicted octanol–water partition coefficient (Wildman–Crippen LogP) is 4.25. The molecule has 0 bridgehead atoms. The largest absolute Gasteiger partial charge is 0.444 e. The summed E-state index contributed by atoms with van der Waals surface area (Å²) in [6.07, 6.45) is 5.66. The molecule has 130 valence electrons. The molecule has 2 N–H and O–H groups in total. The Balaban J connectivity index is 0.000000253. The number of carbonyl (C=O) groups excluding carboxylic acids is 1. The number of nitrogens with one attached hydrogen (secondary N) is 2. The molecule has 1 aliphatic carbocycles. The highest BCUT2D eigenvalue weighted by Gasteiger charge is 2.20. The van der Waals surface area contributed by atoms with Gasteiger partial charge in [0.15, 0.2) is 0 Å². The summed E-state index contributed by atoms with van der Waals surface area (Å²) >= 11 is 0. The number of rotatable bonds is 3. The highest BCUT2D eigenvalue weighted by molar-refractivity contribution is 5.68. The first-order valence-electron chi connectivity index (χ1n) is 8.59. The third-order valence-electron chi connectivity index (χ3n) is 3.55. The van der Waals surface area contributed by atoms with Crippen LogP contribution in [0.25, 0.3) is 0 Å². The second kappa shape index (κ2) is 10.3. The van der Waals surface area contributed by atoms with Crippen molar-refractivity contribution in [2.75, 3.05) is 7.05 Å². The molecule has 0 radical (unpaired) electrons. The molecule has 4 nitrogen and oxygen atoms in total. The van der Waals surface area contributed by atoms with E-state index in [9.17, 15) is 4.79 Å². The average molecular weight is 320 g/mol. The Morgan fingerprint density at radius 3 is 2.26 bits per heavy atom. The molecule has 23 heavy (non-hydrogen) atoms. The number of carbonyl (C=O) groups is 1. The lowest BCUT2D eigenvalue weighted by molar-refractivity contribution is 0.0493. The Morgan fingerprint density at radius 2 is 1.74 bits per heavy atom. The molecule has 1 amide bonds. The predicted molar refractivity (Wildman–Crippen MR) is 95.4 cm³/mol. The van der Waals surface area contributed by atoms with Crippen molar-refractivity contribution >= 4 is 6.09 Å². The smallest absolute Gasteiger partial charge is 0.407 e. The van der Waals surface area contributed by atoms with Crippen molar-refractivity contribution in [1.29, 1.82) is 0 Å². The Kier molecular flexibility index (Phi) is 8.70. The van der Waals surface area contributed by atoms with Gasteiger partial charge in [-0.05, 0) is 46.2 Å². The number of ether oxygens (including phenoxy) is 1. The van der Waals surface area contributed by atoms with Gasteiger partial charge < -0.3 is 15.4 Å². The van der Waals surface area contributed by atoms with E-state index in [1.165, 1.54) is 24.8 Å². The molecule has 1 fully saturated rings. The highest BCUT2D eigenvalue weighted by atomic mass is 16.6. The molecule has 4 heteroatoms. The van der Waals surface area contributed by atoms with Crippen molar-refractivity contribution in [1.82, 2.24) is 10.6 Å². The van der Waals surface area contributed by atoms with Crippen molar-refractivity contribution in [2.45, 2.75) is 71.1 Å². The Bertz CT molecular complexity index is 434. The van der Waals surface area contributed by atoms with Crippen LogP contribution in [-0.4, -0.2) is 24.8 Å². The van der Waals surface area contributed by atoms with Crippen molar-refractivity contribution < 1.29 is 9.53 Å². The van der Waals surface area contributed by atoms with Gasteiger partial charge in [0.25, 0.3) is 0 Å². The zero-order valence-electron chi connectivity index (χ0n) is 15.0. The van der Waals surface area contributed by atoms with Gasteiger partial charge in [-0.2, -0.15) is 0 Å². The Morgan fingerprint density at radius 1 is 1.13 bits per heavy atom. The van der Waals surface area contributed by atoms with Crippen LogP contribution in [0.1, 0.15) is 58.4 Å². The van der Waals surface area contributed by atoms with E-state index in [0.29, 0.717) is 6.04 Å². The van der Waals surface area contributed by atoms with Crippen LogP contribution < -0.4 is 10.6 Å². The SMILES string of the molecule is CC(C)(C)OC(=O)NC1CCCCC1.CNCc1ccccc1. The minimum atomic E-state index is -0.390. The second-order valence-corrected chi connectivity index (χ2v) is 7.00. The van der Waals surface area contributed by atoms with E-state index in [2.05, 4.69) is 22.8 Å². The van der Waals surface area contributed by atoms with Gasteiger partial charge in [-0.25, -0.2) is 4.79 Å². The summed E-state index contributed by atoms with van der Waals surface area (Å²) in [6.45, 7) is 6.61. The fraction of sp³-hybridized carbons (Fsp3) is 0.632. The lowest BCUT2D eigenvalue weighted by Crippen LogP contribution is -2.39. The zero-order chi connectivity index (χ0) is 17.1. The Hall–Kier alpha value is -1.55. The van der Waals surface area contributed by atoms with Crippen LogP contribution in [0.15, 0.2) is 30.3 Å². The summed E-state index contributed by atoms with van der Waals surface area (Å²) in [5, 5.41) is 6.00. The molecule has 0 saturated heterocycles. The van der Waals surface area contributed by atoms with Gasteiger partial charge >= 0.3 is 6.09 Å². The van der Waals surface area contributed by atoms with Gasteiger partial charge in [0.05, 0.1) is 0 Å². The first-order valence-corrected chi connectivity index (χ1v) is 8.59. The average Bonchev–Trinajstić information content (AvgIpc) is 2.48. The van der Waals surface area contributed by atoms with Crippen LogP contribution in [0.4, 0.5) is 4.79 Å². The molecule has 0 aliphatic heterocycles. The molecular formula is C19H32N2O2. The van der Waals surface area contributed by atoms with Gasteiger partial charge in [0, 0.05) is 12.6 Å². The molecule has 1 aromatic carbocycles. The summed E-state index contributed by atoms with van der Waals surface area (Å²) in [6, 6.07) is 10.7. The maximum atomic E-state index is 11.4. The summed E-state index contributed by atoms with van der Waals surface area (Å²) in [7, 11) is 1.95.